The number of aliphatic hydroxyl groups is 1. The number of hydrogen-bond donors (Lipinski definition) is 3. The van der Waals surface area contributed by atoms with Crippen LogP contribution in [0.15, 0.2) is 29.3 Å². The summed E-state index contributed by atoms with van der Waals surface area (Å²) in [5, 5.41) is 30.5. The smallest absolute Gasteiger partial charge is 0.246 e. The van der Waals surface area contributed by atoms with E-state index in [0.29, 0.717) is 47.1 Å². The highest BCUT2D eigenvalue weighted by molar-refractivity contribution is 8.00. The van der Waals surface area contributed by atoms with E-state index in [1.54, 1.807) is 19.1 Å². The first-order valence-electron chi connectivity index (χ1n) is 9.60. The number of carbonyl (C=O) groups excluding carboxylic acids is 2. The molecule has 1 saturated heterocycles. The van der Waals surface area contributed by atoms with Gasteiger partial charge in [-0.05, 0) is 24.5 Å². The average Bonchev–Trinajstić information content (AvgIpc) is 2.72. The van der Waals surface area contributed by atoms with Crippen molar-refractivity contribution in [3.05, 3.63) is 41.0 Å². The molecule has 10 heteroatoms. The van der Waals surface area contributed by atoms with Crippen molar-refractivity contribution in [1.82, 2.24) is 10.3 Å². The molecule has 9 nitrogen and oxygen atoms in total. The maximum absolute atomic E-state index is 12.0. The van der Waals surface area contributed by atoms with E-state index >= 15 is 0 Å². The normalized spacial score (nSPS) is 14.4. The van der Waals surface area contributed by atoms with Gasteiger partial charge in [0.2, 0.25) is 11.8 Å². The molecule has 0 bridgehead atoms. The lowest BCUT2D eigenvalue weighted by Crippen LogP contribution is -2.60. The lowest BCUT2D eigenvalue weighted by atomic mass is 10.00. The van der Waals surface area contributed by atoms with E-state index < -0.39 is 23.7 Å². The summed E-state index contributed by atoms with van der Waals surface area (Å²) in [5.41, 5.74) is 7.10. The molecule has 2 heterocycles. The van der Waals surface area contributed by atoms with E-state index in [1.165, 1.54) is 0 Å². The molecule has 2 amide bonds. The van der Waals surface area contributed by atoms with Crippen LogP contribution in [-0.2, 0) is 16.0 Å². The minimum Gasteiger partial charge on any atom is -0.387 e. The molecule has 0 spiro atoms. The Morgan fingerprint density at radius 2 is 2.06 bits per heavy atom. The number of primary amides is 1. The molecule has 0 aromatic carbocycles. The predicted octanol–water partition coefficient (Wildman–Crippen LogP) is 0.763. The average molecular weight is 441 g/mol. The Labute approximate surface area is 185 Å². The molecular formula is C21H24N6O3S. The number of allylic oxidation sites excluding steroid dienone is 2. The van der Waals surface area contributed by atoms with Crippen molar-refractivity contribution in [3.63, 3.8) is 0 Å². The van der Waals surface area contributed by atoms with E-state index in [1.807, 2.05) is 11.8 Å². The summed E-state index contributed by atoms with van der Waals surface area (Å²) >= 11 is 1.03. The molecule has 1 fully saturated rings. The number of carbonyl (C=O) groups is 2. The largest absolute Gasteiger partial charge is 0.387 e. The molecule has 1 atom stereocenters. The van der Waals surface area contributed by atoms with Crippen LogP contribution in [0.4, 0.5) is 5.82 Å². The number of nitrogens with two attached hydrogens (primary N) is 1. The maximum Gasteiger partial charge on any atom is 0.246 e. The van der Waals surface area contributed by atoms with Gasteiger partial charge in [0.1, 0.15) is 34.8 Å². The summed E-state index contributed by atoms with van der Waals surface area (Å²) in [5.74, 6) is -0.705. The number of nitrogens with one attached hydrogen (secondary N) is 1. The second-order valence-electron chi connectivity index (χ2n) is 6.85. The molecule has 2 rings (SSSR count). The highest BCUT2D eigenvalue weighted by atomic mass is 32.2. The fourth-order valence-electron chi connectivity index (χ4n) is 3.24. The summed E-state index contributed by atoms with van der Waals surface area (Å²) in [6.45, 7) is 7.71. The number of rotatable bonds is 9. The lowest BCUT2D eigenvalue weighted by molar-refractivity contribution is -0.124. The summed E-state index contributed by atoms with van der Waals surface area (Å²) in [4.78, 5) is 29.8. The fourth-order valence-corrected chi connectivity index (χ4v) is 4.24. The van der Waals surface area contributed by atoms with Crippen LogP contribution in [0.5, 0.6) is 0 Å². The third kappa shape index (κ3) is 5.23. The third-order valence-corrected chi connectivity index (χ3v) is 6.01. The molecule has 0 aliphatic carbocycles. The van der Waals surface area contributed by atoms with E-state index in [2.05, 4.69) is 29.0 Å². The van der Waals surface area contributed by atoms with E-state index in [9.17, 15) is 20.1 Å². The number of aromatic nitrogens is 1. The minimum atomic E-state index is -0.825. The predicted molar refractivity (Wildman–Crippen MR) is 117 cm³/mol. The Balaban J connectivity index is 2.48. The summed E-state index contributed by atoms with van der Waals surface area (Å²) in [6.07, 6.45) is 3.83. The van der Waals surface area contributed by atoms with Crippen molar-refractivity contribution in [2.24, 2.45) is 5.73 Å². The van der Waals surface area contributed by atoms with Gasteiger partial charge in [-0.25, -0.2) is 4.98 Å². The van der Waals surface area contributed by atoms with E-state index in [0.717, 1.165) is 11.8 Å². The second-order valence-corrected chi connectivity index (χ2v) is 7.94. The van der Waals surface area contributed by atoms with Crippen LogP contribution in [0.25, 0.3) is 0 Å². The molecular weight excluding hydrogens is 416 g/mol. The Kier molecular flexibility index (Phi) is 8.20. The third-order valence-electron chi connectivity index (χ3n) is 4.72. The number of aliphatic hydroxyl groups excluding tert-OH is 1. The highest BCUT2D eigenvalue weighted by Crippen LogP contribution is 2.36. The molecule has 1 aromatic rings. The van der Waals surface area contributed by atoms with Crippen molar-refractivity contribution in [2.45, 2.75) is 36.6 Å². The van der Waals surface area contributed by atoms with Crippen LogP contribution in [0.1, 0.15) is 30.5 Å². The van der Waals surface area contributed by atoms with Gasteiger partial charge in [-0.1, -0.05) is 37.4 Å². The molecule has 4 N–H and O–H groups in total. The number of nitriles is 2. The van der Waals surface area contributed by atoms with Crippen LogP contribution in [0.3, 0.4) is 0 Å². The fraction of sp³-hybridized carbons (Fsp3) is 0.381. The molecule has 162 valence electrons. The standard InChI is InChI=1S/C21H24N6O3S/c1-4-6-12(3)18(19(24)30)31-21-16(8-23)14(5-2)15(7-22)20(26-21)27-9-13(10-27)25-17(29)11-28/h4,6,13,18,28H,3,5,9-11H2,1-2H3,(H2,24,30)(H,25,29)/b6-4-. The summed E-state index contributed by atoms with van der Waals surface area (Å²) in [7, 11) is 0. The zero-order valence-electron chi connectivity index (χ0n) is 17.4. The van der Waals surface area contributed by atoms with Gasteiger partial charge in [-0.3, -0.25) is 9.59 Å². The van der Waals surface area contributed by atoms with Crippen molar-refractivity contribution in [1.29, 1.82) is 10.5 Å². The van der Waals surface area contributed by atoms with E-state index in [-0.39, 0.29) is 11.6 Å². The Hall–Kier alpha value is -3.34. The van der Waals surface area contributed by atoms with Crippen LogP contribution in [0, 0.1) is 22.7 Å². The first-order chi connectivity index (χ1) is 14.8. The SMILES string of the molecule is C=C(/C=C\C)C(Sc1nc(N2CC(NC(=O)CO)C2)c(C#N)c(CC)c1C#N)C(N)=O. The quantitative estimate of drug-likeness (QED) is 0.375. The zero-order chi connectivity index (χ0) is 23.1. The minimum absolute atomic E-state index is 0.183. The number of anilines is 1. The van der Waals surface area contributed by atoms with Crippen molar-refractivity contribution < 1.29 is 14.7 Å². The van der Waals surface area contributed by atoms with Gasteiger partial charge in [-0.2, -0.15) is 10.5 Å². The van der Waals surface area contributed by atoms with Gasteiger partial charge in [0, 0.05) is 13.1 Å². The molecule has 1 aliphatic heterocycles. The molecule has 1 aromatic heterocycles. The van der Waals surface area contributed by atoms with Crippen LogP contribution in [0.2, 0.25) is 0 Å². The van der Waals surface area contributed by atoms with Gasteiger partial charge in [0.25, 0.3) is 0 Å². The number of nitrogens with zero attached hydrogens (tertiary/aromatic N) is 4. The molecule has 1 unspecified atom stereocenters. The zero-order valence-corrected chi connectivity index (χ0v) is 18.2. The monoisotopic (exact) mass is 440 g/mol. The molecule has 31 heavy (non-hydrogen) atoms. The number of hydrogen-bond acceptors (Lipinski definition) is 8. The summed E-state index contributed by atoms with van der Waals surface area (Å²) < 4.78 is 0. The van der Waals surface area contributed by atoms with Gasteiger partial charge in [-0.15, -0.1) is 0 Å². The van der Waals surface area contributed by atoms with Crippen molar-refractivity contribution in [3.8, 4) is 12.1 Å². The van der Waals surface area contributed by atoms with Crippen molar-refractivity contribution >= 4 is 29.4 Å². The summed E-state index contributed by atoms with van der Waals surface area (Å²) in [6, 6.07) is 4.07. The highest BCUT2D eigenvalue weighted by Gasteiger charge is 2.33. The lowest BCUT2D eigenvalue weighted by Gasteiger charge is -2.41. The van der Waals surface area contributed by atoms with Crippen LogP contribution >= 0.6 is 11.8 Å². The van der Waals surface area contributed by atoms with Crippen LogP contribution < -0.4 is 16.0 Å². The Bertz CT molecular complexity index is 1000. The van der Waals surface area contributed by atoms with Gasteiger partial charge in [0.05, 0.1) is 17.2 Å². The van der Waals surface area contributed by atoms with Gasteiger partial charge in [0.15, 0.2) is 0 Å². The van der Waals surface area contributed by atoms with Crippen molar-refractivity contribution in [2.75, 3.05) is 24.6 Å². The first kappa shape index (κ1) is 23.9. The Morgan fingerprint density at radius 1 is 1.42 bits per heavy atom. The number of thioether (sulfide) groups is 1. The molecule has 0 radical (unpaired) electrons. The van der Waals surface area contributed by atoms with Gasteiger partial charge >= 0.3 is 0 Å². The second kappa shape index (κ2) is 10.6. The van der Waals surface area contributed by atoms with Crippen LogP contribution in [-0.4, -0.2) is 52.9 Å². The number of amides is 2. The maximum atomic E-state index is 12.0. The van der Waals surface area contributed by atoms with Gasteiger partial charge < -0.3 is 21.1 Å². The van der Waals surface area contributed by atoms with E-state index in [4.69, 9.17) is 10.8 Å². The topological polar surface area (TPSA) is 156 Å². The molecule has 1 aliphatic rings. The first-order valence-corrected chi connectivity index (χ1v) is 10.5. The Morgan fingerprint density at radius 3 is 2.55 bits per heavy atom. The molecule has 0 saturated carbocycles. The number of pyridine rings is 1.